The number of nitrogens with zero attached hydrogens (tertiary/aromatic N) is 1. The number of nitrogens with one attached hydrogen (secondary N) is 1. The minimum Gasteiger partial charge on any atom is -0.396 e. The van der Waals surface area contributed by atoms with Gasteiger partial charge in [-0.15, -0.1) is 0 Å². The van der Waals surface area contributed by atoms with Crippen molar-refractivity contribution >= 4 is 5.91 Å². The van der Waals surface area contributed by atoms with Gasteiger partial charge in [0.2, 0.25) is 5.91 Å². The third-order valence-corrected chi connectivity index (χ3v) is 3.39. The first-order valence-corrected chi connectivity index (χ1v) is 6.89. The Hall–Kier alpha value is -0.610. The van der Waals surface area contributed by atoms with Crippen LogP contribution in [-0.4, -0.2) is 48.2 Å². The van der Waals surface area contributed by atoms with Gasteiger partial charge in [-0.05, 0) is 25.7 Å². The van der Waals surface area contributed by atoms with Crippen molar-refractivity contribution in [2.45, 2.75) is 51.5 Å². The third kappa shape index (κ3) is 5.50. The maximum Gasteiger partial charge on any atom is 0.234 e. The molecule has 0 aliphatic heterocycles. The number of rotatable bonds is 9. The van der Waals surface area contributed by atoms with Gasteiger partial charge in [0.05, 0.1) is 6.54 Å². The van der Waals surface area contributed by atoms with Gasteiger partial charge < -0.3 is 10.4 Å². The van der Waals surface area contributed by atoms with Crippen molar-refractivity contribution in [3.8, 4) is 0 Å². The molecule has 0 saturated heterocycles. The predicted molar refractivity (Wildman–Crippen MR) is 68.8 cm³/mol. The average molecular weight is 242 g/mol. The molecule has 0 bridgehead atoms. The molecule has 0 unspecified atom stereocenters. The van der Waals surface area contributed by atoms with Crippen LogP contribution >= 0.6 is 0 Å². The van der Waals surface area contributed by atoms with Crippen LogP contribution in [0, 0.1) is 0 Å². The van der Waals surface area contributed by atoms with Crippen LogP contribution in [0.25, 0.3) is 0 Å². The first-order valence-electron chi connectivity index (χ1n) is 6.89. The fraction of sp³-hybridized carbons (Fsp3) is 0.923. The first-order chi connectivity index (χ1) is 8.27. The van der Waals surface area contributed by atoms with Crippen molar-refractivity contribution in [3.63, 3.8) is 0 Å². The normalized spacial score (nSPS) is 15.9. The zero-order chi connectivity index (χ0) is 12.5. The van der Waals surface area contributed by atoms with Gasteiger partial charge in [0, 0.05) is 25.7 Å². The minimum atomic E-state index is 0.128. The molecule has 1 aliphatic rings. The molecule has 0 radical (unpaired) electrons. The molecule has 0 atom stereocenters. The number of hydrogen-bond donors (Lipinski definition) is 2. The van der Waals surface area contributed by atoms with Crippen molar-refractivity contribution < 1.29 is 9.90 Å². The molecule has 0 heterocycles. The molecular formula is C13H26N2O2. The molecule has 0 aromatic rings. The highest BCUT2D eigenvalue weighted by Crippen LogP contribution is 2.24. The van der Waals surface area contributed by atoms with Crippen molar-refractivity contribution in [3.05, 3.63) is 0 Å². The monoisotopic (exact) mass is 242 g/mol. The van der Waals surface area contributed by atoms with Crippen molar-refractivity contribution in [1.29, 1.82) is 0 Å². The van der Waals surface area contributed by atoms with E-state index in [1.165, 1.54) is 19.3 Å². The van der Waals surface area contributed by atoms with Gasteiger partial charge in [0.25, 0.3) is 0 Å². The highest BCUT2D eigenvalue weighted by Gasteiger charge is 2.25. The van der Waals surface area contributed by atoms with Crippen LogP contribution in [-0.2, 0) is 4.79 Å². The van der Waals surface area contributed by atoms with Crippen LogP contribution < -0.4 is 5.32 Å². The fourth-order valence-corrected chi connectivity index (χ4v) is 2.06. The number of aliphatic hydroxyl groups excluding tert-OH is 1. The van der Waals surface area contributed by atoms with Gasteiger partial charge >= 0.3 is 0 Å². The summed E-state index contributed by atoms with van der Waals surface area (Å²) in [6, 6.07) is 0.568. The maximum atomic E-state index is 11.7. The second-order valence-electron chi connectivity index (χ2n) is 4.84. The molecular weight excluding hydrogens is 216 g/mol. The topological polar surface area (TPSA) is 52.6 Å². The van der Waals surface area contributed by atoms with Crippen molar-refractivity contribution in [2.75, 3.05) is 26.2 Å². The summed E-state index contributed by atoms with van der Waals surface area (Å²) in [7, 11) is 0. The largest absolute Gasteiger partial charge is 0.396 e. The number of carbonyl (C=O) groups excluding carboxylic acids is 1. The predicted octanol–water partition coefficient (Wildman–Crippen LogP) is 1.14. The lowest BCUT2D eigenvalue weighted by Crippen LogP contribution is -2.46. The Morgan fingerprint density at radius 1 is 1.41 bits per heavy atom. The van der Waals surface area contributed by atoms with Gasteiger partial charge in [0.1, 0.15) is 0 Å². The van der Waals surface area contributed by atoms with Crippen molar-refractivity contribution in [2.24, 2.45) is 0 Å². The lowest BCUT2D eigenvalue weighted by atomic mass is 9.91. The van der Waals surface area contributed by atoms with Crippen LogP contribution in [0.2, 0.25) is 0 Å². The highest BCUT2D eigenvalue weighted by molar-refractivity contribution is 5.78. The standard InChI is InChI=1S/C13H26N2O2/c1-2-3-8-14-13(17)11-15(9-5-10-16)12-6-4-7-12/h12,16H,2-11H2,1H3,(H,14,17). The summed E-state index contributed by atoms with van der Waals surface area (Å²) in [4.78, 5) is 13.9. The highest BCUT2D eigenvalue weighted by atomic mass is 16.3. The van der Waals surface area contributed by atoms with E-state index in [0.29, 0.717) is 12.6 Å². The summed E-state index contributed by atoms with van der Waals surface area (Å²) < 4.78 is 0. The molecule has 17 heavy (non-hydrogen) atoms. The molecule has 1 rings (SSSR count). The van der Waals surface area contributed by atoms with Crippen LogP contribution in [0.3, 0.4) is 0 Å². The van der Waals surface area contributed by atoms with Crippen LogP contribution in [0.15, 0.2) is 0 Å². The van der Waals surface area contributed by atoms with E-state index in [2.05, 4.69) is 17.1 Å². The Kier molecular flexibility index (Phi) is 7.21. The van der Waals surface area contributed by atoms with E-state index in [1.807, 2.05) is 0 Å². The second-order valence-corrected chi connectivity index (χ2v) is 4.84. The molecule has 1 aliphatic carbocycles. The Morgan fingerprint density at radius 2 is 2.18 bits per heavy atom. The Bertz CT molecular complexity index is 217. The number of aliphatic hydroxyl groups is 1. The summed E-state index contributed by atoms with van der Waals surface area (Å²) in [5.41, 5.74) is 0. The van der Waals surface area contributed by atoms with Crippen LogP contribution in [0.1, 0.15) is 45.4 Å². The molecule has 100 valence electrons. The van der Waals surface area contributed by atoms with E-state index in [1.54, 1.807) is 0 Å². The Labute approximate surface area is 104 Å². The first kappa shape index (κ1) is 14.5. The molecule has 1 amide bonds. The lowest BCUT2D eigenvalue weighted by molar-refractivity contribution is -0.123. The second kappa shape index (κ2) is 8.48. The molecule has 4 nitrogen and oxygen atoms in total. The smallest absolute Gasteiger partial charge is 0.234 e. The molecule has 1 fully saturated rings. The van der Waals surface area contributed by atoms with E-state index in [-0.39, 0.29) is 12.5 Å². The van der Waals surface area contributed by atoms with Gasteiger partial charge in [-0.25, -0.2) is 0 Å². The Balaban J connectivity index is 2.23. The minimum absolute atomic E-state index is 0.128. The third-order valence-electron chi connectivity index (χ3n) is 3.39. The van der Waals surface area contributed by atoms with E-state index in [0.717, 1.165) is 32.4 Å². The molecule has 0 aromatic heterocycles. The van der Waals surface area contributed by atoms with Gasteiger partial charge in [0.15, 0.2) is 0 Å². The number of hydrogen-bond acceptors (Lipinski definition) is 3. The lowest BCUT2D eigenvalue weighted by Gasteiger charge is -2.37. The summed E-state index contributed by atoms with van der Waals surface area (Å²) in [5.74, 6) is 0.128. The maximum absolute atomic E-state index is 11.7. The van der Waals surface area contributed by atoms with Crippen molar-refractivity contribution in [1.82, 2.24) is 10.2 Å². The Morgan fingerprint density at radius 3 is 2.71 bits per heavy atom. The molecule has 2 N–H and O–H groups in total. The van der Waals surface area contributed by atoms with E-state index in [9.17, 15) is 4.79 Å². The quantitative estimate of drug-likeness (QED) is 0.596. The molecule has 4 heteroatoms. The van der Waals surface area contributed by atoms with Crippen LogP contribution in [0.4, 0.5) is 0 Å². The zero-order valence-electron chi connectivity index (χ0n) is 11.0. The van der Waals surface area contributed by atoms with Gasteiger partial charge in [-0.3, -0.25) is 9.69 Å². The number of unbranched alkanes of at least 4 members (excludes halogenated alkanes) is 1. The molecule has 0 spiro atoms. The summed E-state index contributed by atoms with van der Waals surface area (Å²) in [6.07, 6.45) is 6.60. The van der Waals surface area contributed by atoms with E-state index < -0.39 is 0 Å². The van der Waals surface area contributed by atoms with E-state index >= 15 is 0 Å². The molecule has 1 saturated carbocycles. The van der Waals surface area contributed by atoms with Gasteiger partial charge in [-0.2, -0.15) is 0 Å². The number of amides is 1. The SMILES string of the molecule is CCCCNC(=O)CN(CCCO)C1CCC1. The zero-order valence-corrected chi connectivity index (χ0v) is 11.0. The summed E-state index contributed by atoms with van der Waals surface area (Å²) in [6.45, 7) is 4.44. The summed E-state index contributed by atoms with van der Waals surface area (Å²) >= 11 is 0. The van der Waals surface area contributed by atoms with Gasteiger partial charge in [-0.1, -0.05) is 19.8 Å². The summed E-state index contributed by atoms with van der Waals surface area (Å²) in [5, 5.41) is 11.8. The number of carbonyl (C=O) groups is 1. The average Bonchev–Trinajstić information content (AvgIpc) is 2.23. The fourth-order valence-electron chi connectivity index (χ4n) is 2.06. The van der Waals surface area contributed by atoms with E-state index in [4.69, 9.17) is 5.11 Å². The molecule has 0 aromatic carbocycles. The van der Waals surface area contributed by atoms with Crippen LogP contribution in [0.5, 0.6) is 0 Å².